The van der Waals surface area contributed by atoms with Gasteiger partial charge >= 0.3 is 0 Å². The average molecular weight is 582 g/mol. The average Bonchev–Trinajstić information content (AvgIpc) is 2.74. The monoisotopic (exact) mass is 579 g/mol. The van der Waals surface area contributed by atoms with Crippen LogP contribution in [0.15, 0.2) is 75.7 Å². The molecule has 0 heterocycles. The first-order valence-corrected chi connectivity index (χ1v) is 11.3. The zero-order valence-corrected chi connectivity index (χ0v) is 20.3. The first kappa shape index (κ1) is 22.0. The summed E-state index contributed by atoms with van der Waals surface area (Å²) in [6.07, 6.45) is 0. The van der Waals surface area contributed by atoms with Gasteiger partial charge in [0.25, 0.3) is 5.91 Å². The molecule has 156 valence electrons. The molecule has 4 nitrogen and oxygen atoms in total. The molecule has 0 unspecified atom stereocenters. The van der Waals surface area contributed by atoms with Crippen molar-refractivity contribution in [3.63, 3.8) is 0 Å². The molecule has 0 aliphatic rings. The summed E-state index contributed by atoms with van der Waals surface area (Å²) in [7, 11) is 0. The van der Waals surface area contributed by atoms with E-state index >= 15 is 0 Å². The molecule has 1 amide bonds. The molecular formula is C23H13Br2Cl2NO3. The van der Waals surface area contributed by atoms with Crippen molar-refractivity contribution in [1.29, 1.82) is 0 Å². The number of rotatable bonds is 4. The largest absolute Gasteiger partial charge is 0.506 e. The molecule has 0 bridgehead atoms. The molecule has 0 aromatic heterocycles. The Morgan fingerprint density at radius 3 is 2.55 bits per heavy atom. The Labute approximate surface area is 205 Å². The Kier molecular flexibility index (Phi) is 6.44. The summed E-state index contributed by atoms with van der Waals surface area (Å²) >= 11 is 19.1. The maximum absolute atomic E-state index is 12.9. The number of phenolic OH excluding ortho intramolecular Hbond substituents is 1. The van der Waals surface area contributed by atoms with Crippen LogP contribution in [0, 0.1) is 0 Å². The van der Waals surface area contributed by atoms with Gasteiger partial charge in [-0.15, -0.1) is 0 Å². The molecular weight excluding hydrogens is 569 g/mol. The summed E-state index contributed by atoms with van der Waals surface area (Å²) in [6, 6.07) is 19.4. The van der Waals surface area contributed by atoms with E-state index < -0.39 is 5.91 Å². The SMILES string of the molecule is O=C(Nc1cc(Cl)ccc1Oc1c(Cl)ccc2ccccc12)c1cc(Br)cc(Br)c1O. The summed E-state index contributed by atoms with van der Waals surface area (Å²) in [5.74, 6) is 0.105. The molecule has 4 aromatic carbocycles. The first-order valence-electron chi connectivity index (χ1n) is 8.97. The Balaban J connectivity index is 1.73. The van der Waals surface area contributed by atoms with E-state index in [1.807, 2.05) is 30.3 Å². The predicted molar refractivity (Wildman–Crippen MR) is 132 cm³/mol. The number of phenols is 1. The maximum atomic E-state index is 12.9. The Hall–Kier alpha value is -2.25. The fraction of sp³-hybridized carbons (Fsp3) is 0. The summed E-state index contributed by atoms with van der Waals surface area (Å²) in [5.41, 5.74) is 0.410. The van der Waals surface area contributed by atoms with Crippen LogP contribution in [0.1, 0.15) is 10.4 Å². The first-order chi connectivity index (χ1) is 14.8. The quantitative estimate of drug-likeness (QED) is 0.254. The topological polar surface area (TPSA) is 58.6 Å². The number of halogens is 4. The van der Waals surface area contributed by atoms with Gasteiger partial charge in [-0.05, 0) is 57.7 Å². The summed E-state index contributed by atoms with van der Waals surface area (Å²) in [6.45, 7) is 0. The highest BCUT2D eigenvalue weighted by molar-refractivity contribution is 9.11. The lowest BCUT2D eigenvalue weighted by Crippen LogP contribution is -2.13. The fourth-order valence-corrected chi connectivity index (χ4v) is 4.65. The van der Waals surface area contributed by atoms with Gasteiger partial charge in [-0.1, -0.05) is 69.5 Å². The Morgan fingerprint density at radius 1 is 0.968 bits per heavy atom. The van der Waals surface area contributed by atoms with E-state index in [4.69, 9.17) is 27.9 Å². The van der Waals surface area contributed by atoms with Gasteiger partial charge in [0.1, 0.15) is 5.75 Å². The second-order valence-corrected chi connectivity index (χ2v) is 9.19. The summed E-state index contributed by atoms with van der Waals surface area (Å²) < 4.78 is 7.15. The van der Waals surface area contributed by atoms with Crippen LogP contribution in [-0.4, -0.2) is 11.0 Å². The maximum Gasteiger partial charge on any atom is 0.259 e. The van der Waals surface area contributed by atoms with E-state index in [1.165, 1.54) is 6.07 Å². The third-order valence-electron chi connectivity index (χ3n) is 4.51. The van der Waals surface area contributed by atoms with Crippen molar-refractivity contribution in [3.05, 3.63) is 91.3 Å². The second-order valence-electron chi connectivity index (χ2n) is 6.58. The normalized spacial score (nSPS) is 10.8. The van der Waals surface area contributed by atoms with Crippen molar-refractivity contribution in [2.75, 3.05) is 5.32 Å². The number of anilines is 1. The summed E-state index contributed by atoms with van der Waals surface area (Å²) in [5, 5.41) is 15.7. The van der Waals surface area contributed by atoms with Crippen LogP contribution in [0.3, 0.4) is 0 Å². The minimum Gasteiger partial charge on any atom is -0.506 e. The molecule has 0 aliphatic carbocycles. The molecule has 0 saturated heterocycles. The van der Waals surface area contributed by atoms with Crippen LogP contribution < -0.4 is 10.1 Å². The van der Waals surface area contributed by atoms with Crippen molar-refractivity contribution in [3.8, 4) is 17.2 Å². The van der Waals surface area contributed by atoms with Gasteiger partial charge in [0.15, 0.2) is 11.5 Å². The van der Waals surface area contributed by atoms with Crippen LogP contribution in [-0.2, 0) is 0 Å². The molecule has 4 rings (SSSR count). The third kappa shape index (κ3) is 4.67. The molecule has 0 aliphatic heterocycles. The van der Waals surface area contributed by atoms with Crippen LogP contribution in [0.4, 0.5) is 5.69 Å². The number of hydrogen-bond acceptors (Lipinski definition) is 3. The van der Waals surface area contributed by atoms with Gasteiger partial charge in [0.2, 0.25) is 0 Å². The highest BCUT2D eigenvalue weighted by atomic mass is 79.9. The van der Waals surface area contributed by atoms with Crippen molar-refractivity contribution in [2.24, 2.45) is 0 Å². The van der Waals surface area contributed by atoms with E-state index in [0.717, 1.165) is 10.8 Å². The van der Waals surface area contributed by atoms with Gasteiger partial charge in [-0.2, -0.15) is 0 Å². The number of hydrogen-bond donors (Lipinski definition) is 2. The van der Waals surface area contributed by atoms with Crippen LogP contribution in [0.25, 0.3) is 10.8 Å². The third-order valence-corrected chi connectivity index (χ3v) is 6.10. The van der Waals surface area contributed by atoms with Crippen molar-refractivity contribution < 1.29 is 14.6 Å². The lowest BCUT2D eigenvalue weighted by Gasteiger charge is -2.16. The molecule has 0 radical (unpaired) electrons. The van der Waals surface area contributed by atoms with Crippen LogP contribution in [0.2, 0.25) is 10.0 Å². The fourth-order valence-electron chi connectivity index (χ4n) is 3.05. The minimum atomic E-state index is -0.532. The molecule has 4 aromatic rings. The molecule has 2 N–H and O–H groups in total. The Morgan fingerprint density at radius 2 is 1.74 bits per heavy atom. The highest BCUT2D eigenvalue weighted by Crippen LogP contribution is 2.40. The van der Waals surface area contributed by atoms with E-state index in [9.17, 15) is 9.90 Å². The lowest BCUT2D eigenvalue weighted by atomic mass is 10.1. The van der Waals surface area contributed by atoms with Gasteiger partial charge in [0.05, 0.1) is 20.7 Å². The van der Waals surface area contributed by atoms with Crippen LogP contribution in [0.5, 0.6) is 17.2 Å². The number of ether oxygens (including phenoxy) is 1. The molecule has 8 heteroatoms. The second kappa shape index (κ2) is 9.09. The number of aromatic hydroxyl groups is 1. The zero-order valence-electron chi connectivity index (χ0n) is 15.6. The molecule has 0 spiro atoms. The number of nitrogens with one attached hydrogen (secondary N) is 1. The standard InChI is InChI=1S/C23H13Br2Cl2NO3/c24-13-9-16(21(29)17(25)10-13)23(30)28-19-11-14(26)6-8-20(19)31-22-15-4-2-1-3-12(15)5-7-18(22)27/h1-11,29H,(H,28,30). The van der Waals surface area contributed by atoms with E-state index in [-0.39, 0.29) is 11.3 Å². The minimum absolute atomic E-state index is 0.0790. The van der Waals surface area contributed by atoms with Crippen molar-refractivity contribution in [1.82, 2.24) is 0 Å². The van der Waals surface area contributed by atoms with Gasteiger partial charge < -0.3 is 15.2 Å². The number of carbonyl (C=O) groups excluding carboxylic acids is 1. The number of amides is 1. The van der Waals surface area contributed by atoms with Gasteiger partial charge in [-0.25, -0.2) is 0 Å². The number of fused-ring (bicyclic) bond motifs is 1. The van der Waals surface area contributed by atoms with Gasteiger partial charge in [-0.3, -0.25) is 4.79 Å². The van der Waals surface area contributed by atoms with Crippen molar-refractivity contribution in [2.45, 2.75) is 0 Å². The Bertz CT molecular complexity index is 1330. The predicted octanol–water partition coefficient (Wildman–Crippen LogP) is 8.42. The smallest absolute Gasteiger partial charge is 0.259 e. The van der Waals surface area contributed by atoms with E-state index in [1.54, 1.807) is 30.3 Å². The molecule has 31 heavy (non-hydrogen) atoms. The van der Waals surface area contributed by atoms with Crippen LogP contribution >= 0.6 is 55.1 Å². The van der Waals surface area contributed by atoms with E-state index in [2.05, 4.69) is 37.2 Å². The van der Waals surface area contributed by atoms with E-state index in [0.29, 0.717) is 36.2 Å². The molecule has 0 saturated carbocycles. The zero-order chi connectivity index (χ0) is 22.1. The highest BCUT2D eigenvalue weighted by Gasteiger charge is 2.18. The number of carbonyl (C=O) groups is 1. The molecule has 0 atom stereocenters. The van der Waals surface area contributed by atoms with Gasteiger partial charge in [0, 0.05) is 14.9 Å². The summed E-state index contributed by atoms with van der Waals surface area (Å²) in [4.78, 5) is 12.9. The molecule has 0 fully saturated rings. The van der Waals surface area contributed by atoms with Crippen molar-refractivity contribution >= 4 is 77.4 Å². The lowest BCUT2D eigenvalue weighted by molar-refractivity contribution is 0.102. The number of benzene rings is 4.